The van der Waals surface area contributed by atoms with Crippen LogP contribution in [0.4, 0.5) is 0 Å². The van der Waals surface area contributed by atoms with Crippen LogP contribution >= 0.6 is 0 Å². The van der Waals surface area contributed by atoms with Crippen molar-refractivity contribution in [3.05, 3.63) is 12.2 Å². The molecule has 2 nitrogen and oxygen atoms in total. The maximum Gasteiger partial charge on any atom is 0.184 e. The van der Waals surface area contributed by atoms with E-state index in [1.807, 2.05) is 0 Å². The van der Waals surface area contributed by atoms with E-state index in [-0.39, 0.29) is 5.60 Å². The molecule has 96 valence electrons. The molecule has 3 aliphatic rings. The second-order valence-electron chi connectivity index (χ2n) is 7.18. The summed E-state index contributed by atoms with van der Waals surface area (Å²) in [7, 11) is -1.56. The molecule has 3 rings (SSSR count). The van der Waals surface area contributed by atoms with Crippen molar-refractivity contribution in [2.45, 2.75) is 62.9 Å². The van der Waals surface area contributed by atoms with Crippen LogP contribution in [-0.4, -0.2) is 24.6 Å². The Kier molecular flexibility index (Phi) is 2.43. The van der Waals surface area contributed by atoms with E-state index in [9.17, 15) is 5.11 Å². The van der Waals surface area contributed by atoms with Gasteiger partial charge in [-0.05, 0) is 57.7 Å². The van der Waals surface area contributed by atoms with Crippen molar-refractivity contribution in [2.24, 2.45) is 11.8 Å². The first-order valence-electron chi connectivity index (χ1n) is 6.93. The minimum atomic E-state index is -1.56. The summed E-state index contributed by atoms with van der Waals surface area (Å²) >= 11 is 0. The van der Waals surface area contributed by atoms with E-state index >= 15 is 0 Å². The highest BCUT2D eigenvalue weighted by atomic mass is 28.4. The molecular formula is C14H24O2Si. The van der Waals surface area contributed by atoms with E-state index < -0.39 is 13.9 Å². The van der Waals surface area contributed by atoms with Crippen molar-refractivity contribution >= 4 is 8.32 Å². The Morgan fingerprint density at radius 3 is 2.59 bits per heavy atom. The molecule has 2 fully saturated rings. The molecule has 3 heteroatoms. The van der Waals surface area contributed by atoms with E-state index in [2.05, 4.69) is 31.8 Å². The molecular weight excluding hydrogens is 228 g/mol. The number of hydrogen-bond acceptors (Lipinski definition) is 2. The molecule has 1 N–H and O–H groups in total. The maximum absolute atomic E-state index is 10.8. The summed E-state index contributed by atoms with van der Waals surface area (Å²) in [6.45, 7) is 6.81. The highest BCUT2D eigenvalue weighted by molar-refractivity contribution is 6.69. The summed E-state index contributed by atoms with van der Waals surface area (Å²) in [5.41, 5.74) is -0.484. The van der Waals surface area contributed by atoms with Gasteiger partial charge in [-0.25, -0.2) is 0 Å². The van der Waals surface area contributed by atoms with Crippen molar-refractivity contribution < 1.29 is 9.53 Å². The van der Waals surface area contributed by atoms with Crippen LogP contribution in [0.15, 0.2) is 12.2 Å². The maximum atomic E-state index is 10.8. The van der Waals surface area contributed by atoms with Crippen molar-refractivity contribution in [2.75, 3.05) is 0 Å². The molecule has 17 heavy (non-hydrogen) atoms. The van der Waals surface area contributed by atoms with Crippen LogP contribution in [0.5, 0.6) is 0 Å². The largest absolute Gasteiger partial charge is 0.411 e. The van der Waals surface area contributed by atoms with Gasteiger partial charge in [0.1, 0.15) is 0 Å². The van der Waals surface area contributed by atoms with Gasteiger partial charge in [0.05, 0.1) is 11.2 Å². The normalized spacial score (nSPS) is 48.5. The van der Waals surface area contributed by atoms with Gasteiger partial charge in [-0.2, -0.15) is 0 Å². The highest BCUT2D eigenvalue weighted by Crippen LogP contribution is 2.63. The van der Waals surface area contributed by atoms with Crippen LogP contribution in [0.1, 0.15) is 32.1 Å². The van der Waals surface area contributed by atoms with Gasteiger partial charge in [0.2, 0.25) is 0 Å². The highest BCUT2D eigenvalue weighted by Gasteiger charge is 2.66. The quantitative estimate of drug-likeness (QED) is 0.604. The van der Waals surface area contributed by atoms with Gasteiger partial charge < -0.3 is 9.53 Å². The first kappa shape index (κ1) is 11.9. The second kappa shape index (κ2) is 3.46. The molecule has 0 aromatic heterocycles. The summed E-state index contributed by atoms with van der Waals surface area (Å²) in [6, 6.07) is 0. The smallest absolute Gasteiger partial charge is 0.184 e. The Balaban J connectivity index is 2.00. The Labute approximate surface area is 105 Å². The van der Waals surface area contributed by atoms with Gasteiger partial charge in [0.15, 0.2) is 8.32 Å². The predicted octanol–water partition coefficient (Wildman–Crippen LogP) is 3.09. The third kappa shape index (κ3) is 1.66. The molecule has 0 spiro atoms. The number of rotatable bonds is 2. The fraction of sp³-hybridized carbons (Fsp3) is 0.857. The van der Waals surface area contributed by atoms with E-state index in [4.69, 9.17) is 4.43 Å². The summed E-state index contributed by atoms with van der Waals surface area (Å²) < 4.78 is 6.62. The SMILES string of the molecule is C[Si](C)(C)O[C@]12CC=CC[C@]3(O)C[C@H]1CC[C@@H]32. The first-order chi connectivity index (χ1) is 7.86. The third-order valence-electron chi connectivity index (χ3n) is 4.90. The molecule has 2 saturated carbocycles. The van der Waals surface area contributed by atoms with E-state index in [0.29, 0.717) is 11.8 Å². The van der Waals surface area contributed by atoms with E-state index in [1.165, 1.54) is 6.42 Å². The molecule has 0 heterocycles. The summed E-state index contributed by atoms with van der Waals surface area (Å²) in [4.78, 5) is 0. The third-order valence-corrected chi connectivity index (χ3v) is 5.90. The van der Waals surface area contributed by atoms with Gasteiger partial charge in [-0.1, -0.05) is 12.2 Å². The monoisotopic (exact) mass is 252 g/mol. The molecule has 0 saturated heterocycles. The summed E-state index contributed by atoms with van der Waals surface area (Å²) in [6.07, 6.45) is 9.66. The molecule has 0 amide bonds. The topological polar surface area (TPSA) is 29.5 Å². The number of aliphatic hydroxyl groups is 1. The van der Waals surface area contributed by atoms with Gasteiger partial charge in [0, 0.05) is 5.92 Å². The summed E-state index contributed by atoms with van der Waals surface area (Å²) in [5.74, 6) is 0.968. The fourth-order valence-corrected chi connectivity index (χ4v) is 6.10. The van der Waals surface area contributed by atoms with Gasteiger partial charge >= 0.3 is 0 Å². The zero-order valence-electron chi connectivity index (χ0n) is 11.2. The molecule has 0 aliphatic heterocycles. The Morgan fingerprint density at radius 1 is 1.18 bits per heavy atom. The molecule has 4 atom stereocenters. The Hall–Kier alpha value is -0.123. The minimum absolute atomic E-state index is 0.0216. The lowest BCUT2D eigenvalue weighted by Crippen LogP contribution is -2.48. The molecule has 0 radical (unpaired) electrons. The average Bonchev–Trinajstić information content (AvgIpc) is 2.54. The van der Waals surface area contributed by atoms with Crippen molar-refractivity contribution in [3.8, 4) is 0 Å². The van der Waals surface area contributed by atoms with Gasteiger partial charge in [0.25, 0.3) is 0 Å². The van der Waals surface area contributed by atoms with Gasteiger partial charge in [-0.15, -0.1) is 0 Å². The van der Waals surface area contributed by atoms with Crippen LogP contribution in [-0.2, 0) is 4.43 Å². The van der Waals surface area contributed by atoms with Crippen molar-refractivity contribution in [1.82, 2.24) is 0 Å². The lowest BCUT2D eigenvalue weighted by atomic mass is 9.81. The zero-order chi connectivity index (χ0) is 12.3. The van der Waals surface area contributed by atoms with E-state index in [1.54, 1.807) is 0 Å². The zero-order valence-corrected chi connectivity index (χ0v) is 12.2. The Morgan fingerprint density at radius 2 is 1.88 bits per heavy atom. The van der Waals surface area contributed by atoms with Crippen LogP contribution in [0.25, 0.3) is 0 Å². The minimum Gasteiger partial charge on any atom is -0.411 e. The molecule has 4 bridgehead atoms. The lowest BCUT2D eigenvalue weighted by molar-refractivity contribution is -0.0519. The molecule has 0 unspecified atom stereocenters. The Bertz CT molecular complexity index is 360. The molecule has 3 aliphatic carbocycles. The van der Waals surface area contributed by atoms with Crippen LogP contribution in [0.3, 0.4) is 0 Å². The molecule has 0 aromatic carbocycles. The predicted molar refractivity (Wildman–Crippen MR) is 71.3 cm³/mol. The van der Waals surface area contributed by atoms with E-state index in [0.717, 1.165) is 25.7 Å². The standard InChI is InChI=1S/C14H24O2Si/c1-17(2,3)16-14-9-5-4-8-13(15)10-11(14)6-7-12(13)14/h4-5,11-12,15H,6-10H2,1-3H3/t11-,12+,13+,14-/m1/s1. The van der Waals surface area contributed by atoms with Crippen molar-refractivity contribution in [1.29, 1.82) is 0 Å². The summed E-state index contributed by atoms with van der Waals surface area (Å²) in [5, 5.41) is 10.8. The first-order valence-corrected chi connectivity index (χ1v) is 10.3. The average molecular weight is 252 g/mol. The fourth-order valence-electron chi connectivity index (χ4n) is 4.56. The second-order valence-corrected chi connectivity index (χ2v) is 11.6. The lowest BCUT2D eigenvalue weighted by Gasteiger charge is -2.41. The number of hydrogen-bond donors (Lipinski definition) is 1. The van der Waals surface area contributed by atoms with Gasteiger partial charge in [-0.3, -0.25) is 0 Å². The van der Waals surface area contributed by atoms with Crippen molar-refractivity contribution in [3.63, 3.8) is 0 Å². The van der Waals surface area contributed by atoms with Crippen LogP contribution in [0, 0.1) is 11.8 Å². The van der Waals surface area contributed by atoms with Crippen LogP contribution in [0.2, 0.25) is 19.6 Å². The molecule has 0 aromatic rings. The van der Waals surface area contributed by atoms with Crippen LogP contribution < -0.4 is 0 Å².